The molecule has 0 bridgehead atoms. The zero-order valence-electron chi connectivity index (χ0n) is 12.9. The summed E-state index contributed by atoms with van der Waals surface area (Å²) in [5, 5.41) is 12.7. The van der Waals surface area contributed by atoms with Gasteiger partial charge < -0.3 is 0 Å². The van der Waals surface area contributed by atoms with Gasteiger partial charge in [-0.25, -0.2) is 5.01 Å². The second-order valence-electron chi connectivity index (χ2n) is 6.02. The van der Waals surface area contributed by atoms with E-state index in [1.54, 1.807) is 27.7 Å². The lowest BCUT2D eigenvalue weighted by atomic mass is 10.1. The van der Waals surface area contributed by atoms with E-state index in [2.05, 4.69) is 33.2 Å². The van der Waals surface area contributed by atoms with E-state index < -0.39 is 0 Å². The molecule has 2 aliphatic rings. The molecular formula is C17H19N3OS2. The lowest BCUT2D eigenvalue weighted by molar-refractivity contribution is -0.133. The SMILES string of the molecule is O=C(CN1CCCC1)N1N=C(c2ccsc2)CC1c1cccs1. The molecule has 0 saturated carbocycles. The van der Waals surface area contributed by atoms with Crippen LogP contribution in [-0.2, 0) is 4.79 Å². The van der Waals surface area contributed by atoms with E-state index in [-0.39, 0.29) is 11.9 Å². The molecule has 23 heavy (non-hydrogen) atoms. The molecule has 2 aromatic rings. The van der Waals surface area contributed by atoms with E-state index in [9.17, 15) is 4.79 Å². The van der Waals surface area contributed by atoms with Gasteiger partial charge in [-0.15, -0.1) is 11.3 Å². The molecule has 1 amide bonds. The Morgan fingerprint density at radius 2 is 2.13 bits per heavy atom. The average molecular weight is 345 g/mol. The van der Waals surface area contributed by atoms with Gasteiger partial charge in [0.25, 0.3) is 5.91 Å². The quantitative estimate of drug-likeness (QED) is 0.849. The molecule has 4 rings (SSSR count). The van der Waals surface area contributed by atoms with E-state index in [1.807, 2.05) is 6.07 Å². The summed E-state index contributed by atoms with van der Waals surface area (Å²) in [6.45, 7) is 2.55. The van der Waals surface area contributed by atoms with Crippen molar-refractivity contribution < 1.29 is 4.79 Å². The number of rotatable bonds is 4. The second-order valence-corrected chi connectivity index (χ2v) is 7.77. The summed E-state index contributed by atoms with van der Waals surface area (Å²) in [5.74, 6) is 0.121. The largest absolute Gasteiger partial charge is 0.294 e. The van der Waals surface area contributed by atoms with E-state index >= 15 is 0 Å². The van der Waals surface area contributed by atoms with E-state index in [1.165, 1.54) is 17.7 Å². The van der Waals surface area contributed by atoms with Gasteiger partial charge in [0.15, 0.2) is 0 Å². The third-order valence-electron chi connectivity index (χ3n) is 4.45. The molecule has 1 fully saturated rings. The fourth-order valence-corrected chi connectivity index (χ4v) is 4.73. The smallest absolute Gasteiger partial charge is 0.257 e. The standard InChI is InChI=1S/C17H19N3OS2/c21-17(11-19-6-1-2-7-19)20-15(16-4-3-8-23-16)10-14(18-20)13-5-9-22-12-13/h3-5,8-9,12,15H,1-2,6-7,10-11H2. The number of hydrogen-bond donors (Lipinski definition) is 0. The van der Waals surface area contributed by atoms with Gasteiger partial charge in [-0.2, -0.15) is 16.4 Å². The van der Waals surface area contributed by atoms with E-state index in [0.29, 0.717) is 6.54 Å². The molecule has 1 saturated heterocycles. The lowest BCUT2D eigenvalue weighted by Gasteiger charge is -2.23. The molecule has 0 aromatic carbocycles. The molecule has 4 heterocycles. The zero-order chi connectivity index (χ0) is 15.6. The Hall–Kier alpha value is -1.50. The van der Waals surface area contributed by atoms with Crippen molar-refractivity contribution in [3.8, 4) is 0 Å². The number of carbonyl (C=O) groups excluding carboxylic acids is 1. The van der Waals surface area contributed by atoms with Crippen molar-refractivity contribution in [3.05, 3.63) is 44.8 Å². The number of likely N-dealkylation sites (tertiary alicyclic amines) is 1. The van der Waals surface area contributed by atoms with Crippen LogP contribution in [0.3, 0.4) is 0 Å². The highest BCUT2D eigenvalue weighted by atomic mass is 32.1. The minimum absolute atomic E-state index is 0.0556. The van der Waals surface area contributed by atoms with Crippen LogP contribution in [0.2, 0.25) is 0 Å². The lowest BCUT2D eigenvalue weighted by Crippen LogP contribution is -2.36. The van der Waals surface area contributed by atoms with Gasteiger partial charge in [0.05, 0.1) is 18.3 Å². The van der Waals surface area contributed by atoms with Gasteiger partial charge in [0.2, 0.25) is 0 Å². The first-order valence-corrected chi connectivity index (χ1v) is 9.81. The Labute approximate surface area is 144 Å². The van der Waals surface area contributed by atoms with Gasteiger partial charge in [-0.3, -0.25) is 9.69 Å². The second kappa shape index (κ2) is 6.55. The molecule has 0 N–H and O–H groups in total. The number of thiophene rings is 2. The predicted octanol–water partition coefficient (Wildman–Crippen LogP) is 3.58. The molecule has 6 heteroatoms. The Bertz CT molecular complexity index is 688. The van der Waals surface area contributed by atoms with Crippen molar-refractivity contribution in [3.63, 3.8) is 0 Å². The van der Waals surface area contributed by atoms with Crippen LogP contribution in [0, 0.1) is 0 Å². The highest BCUT2D eigenvalue weighted by Crippen LogP contribution is 2.35. The number of nitrogens with zero attached hydrogens (tertiary/aromatic N) is 3. The molecule has 1 unspecified atom stereocenters. The Balaban J connectivity index is 1.57. The topological polar surface area (TPSA) is 35.9 Å². The fourth-order valence-electron chi connectivity index (χ4n) is 3.25. The third-order valence-corrected chi connectivity index (χ3v) is 6.11. The van der Waals surface area contributed by atoms with E-state index in [4.69, 9.17) is 5.10 Å². The van der Waals surface area contributed by atoms with Crippen LogP contribution in [0.25, 0.3) is 0 Å². The van der Waals surface area contributed by atoms with Crippen LogP contribution in [0.4, 0.5) is 0 Å². The molecule has 0 aliphatic carbocycles. The maximum absolute atomic E-state index is 12.8. The minimum atomic E-state index is 0.0556. The van der Waals surface area contributed by atoms with Crippen molar-refractivity contribution in [2.75, 3.05) is 19.6 Å². The van der Waals surface area contributed by atoms with Crippen molar-refractivity contribution in [1.82, 2.24) is 9.91 Å². The van der Waals surface area contributed by atoms with E-state index in [0.717, 1.165) is 30.8 Å². The van der Waals surface area contributed by atoms with Crippen LogP contribution in [0.5, 0.6) is 0 Å². The maximum Gasteiger partial charge on any atom is 0.257 e. The summed E-state index contributed by atoms with van der Waals surface area (Å²) in [4.78, 5) is 16.3. The number of carbonyl (C=O) groups is 1. The van der Waals surface area contributed by atoms with Gasteiger partial charge in [0.1, 0.15) is 0 Å². The molecule has 1 atom stereocenters. The molecule has 2 aliphatic heterocycles. The Morgan fingerprint density at radius 3 is 2.83 bits per heavy atom. The summed E-state index contributed by atoms with van der Waals surface area (Å²) >= 11 is 3.38. The predicted molar refractivity (Wildman–Crippen MR) is 95.1 cm³/mol. The van der Waals surface area contributed by atoms with Crippen molar-refractivity contribution >= 4 is 34.3 Å². The van der Waals surface area contributed by atoms with Gasteiger partial charge in [0, 0.05) is 16.9 Å². The van der Waals surface area contributed by atoms with Gasteiger partial charge >= 0.3 is 0 Å². The van der Waals surface area contributed by atoms with Crippen molar-refractivity contribution in [2.24, 2.45) is 5.10 Å². The van der Waals surface area contributed by atoms with Gasteiger partial charge in [-0.05, 0) is 54.2 Å². The van der Waals surface area contributed by atoms with Crippen LogP contribution < -0.4 is 0 Å². The van der Waals surface area contributed by atoms with Crippen molar-refractivity contribution in [2.45, 2.75) is 25.3 Å². The number of hydrogen-bond acceptors (Lipinski definition) is 5. The summed E-state index contributed by atoms with van der Waals surface area (Å²) in [5.41, 5.74) is 2.17. The fraction of sp³-hybridized carbons (Fsp3) is 0.412. The van der Waals surface area contributed by atoms with Crippen LogP contribution in [0.15, 0.2) is 39.4 Å². The Kier molecular flexibility index (Phi) is 4.29. The zero-order valence-corrected chi connectivity index (χ0v) is 14.5. The van der Waals surface area contributed by atoms with Crippen LogP contribution >= 0.6 is 22.7 Å². The Morgan fingerprint density at radius 1 is 1.26 bits per heavy atom. The molecular weight excluding hydrogens is 326 g/mol. The molecule has 0 radical (unpaired) electrons. The van der Waals surface area contributed by atoms with Crippen LogP contribution in [-0.4, -0.2) is 41.2 Å². The molecule has 4 nitrogen and oxygen atoms in total. The average Bonchev–Trinajstić information content (AvgIpc) is 3.30. The number of hydrazone groups is 1. The third kappa shape index (κ3) is 3.11. The first-order valence-electron chi connectivity index (χ1n) is 7.99. The first-order chi connectivity index (χ1) is 11.3. The molecule has 120 valence electrons. The minimum Gasteiger partial charge on any atom is -0.294 e. The molecule has 0 spiro atoms. The van der Waals surface area contributed by atoms with Crippen molar-refractivity contribution in [1.29, 1.82) is 0 Å². The first kappa shape index (κ1) is 15.1. The summed E-state index contributed by atoms with van der Waals surface area (Å²) < 4.78 is 0. The summed E-state index contributed by atoms with van der Waals surface area (Å²) in [7, 11) is 0. The van der Waals surface area contributed by atoms with Gasteiger partial charge in [-0.1, -0.05) is 6.07 Å². The maximum atomic E-state index is 12.8. The van der Waals surface area contributed by atoms with Crippen LogP contribution in [0.1, 0.15) is 35.7 Å². The summed E-state index contributed by atoms with van der Waals surface area (Å²) in [6, 6.07) is 6.30. The molecule has 2 aromatic heterocycles. The highest BCUT2D eigenvalue weighted by molar-refractivity contribution is 7.10. The highest BCUT2D eigenvalue weighted by Gasteiger charge is 2.34. The summed E-state index contributed by atoms with van der Waals surface area (Å²) in [6.07, 6.45) is 3.21. The monoisotopic (exact) mass is 345 g/mol. The number of amides is 1. The normalized spacial score (nSPS) is 21.8.